The van der Waals surface area contributed by atoms with Gasteiger partial charge in [0.15, 0.2) is 0 Å². The quantitative estimate of drug-likeness (QED) is 0.765. The summed E-state index contributed by atoms with van der Waals surface area (Å²) in [5, 5.41) is 10.4. The van der Waals surface area contributed by atoms with Gasteiger partial charge in [-0.3, -0.25) is 4.98 Å². The average Bonchev–Trinajstić information content (AvgIpc) is 2.18. The molecule has 0 bridgehead atoms. The highest BCUT2D eigenvalue weighted by Gasteiger charge is 2.32. The fraction of sp³-hybridized carbons (Fsp3) is 0.583. The van der Waals surface area contributed by atoms with Crippen LogP contribution in [-0.4, -0.2) is 21.7 Å². The molecule has 2 rings (SSSR count). The second kappa shape index (κ2) is 4.29. The second-order valence-corrected chi connectivity index (χ2v) is 4.62. The molecule has 0 aliphatic heterocycles. The van der Waals surface area contributed by atoms with Gasteiger partial charge in [0.2, 0.25) is 0 Å². The Morgan fingerprint density at radius 3 is 3.13 bits per heavy atom. The number of nitrogens with zero attached hydrogens (tertiary/aromatic N) is 1. The first kappa shape index (κ1) is 10.6. The summed E-state index contributed by atoms with van der Waals surface area (Å²) in [6.45, 7) is 0. The minimum atomic E-state index is -0.610. The van der Waals surface area contributed by atoms with E-state index in [0.29, 0.717) is 12.8 Å². The molecule has 3 N–H and O–H groups in total. The first-order valence-electron chi connectivity index (χ1n) is 5.55. The zero-order chi connectivity index (χ0) is 10.7. The molecule has 0 spiro atoms. The molecule has 1 aromatic rings. The lowest BCUT2D eigenvalue weighted by molar-refractivity contribution is -0.00196. The van der Waals surface area contributed by atoms with E-state index in [1.165, 1.54) is 0 Å². The number of aliphatic hydroxyl groups is 1. The average molecular weight is 206 g/mol. The predicted octanol–water partition coefficient (Wildman–Crippen LogP) is 1.26. The topological polar surface area (TPSA) is 59.1 Å². The summed E-state index contributed by atoms with van der Waals surface area (Å²) in [6, 6.07) is 4.06. The Hall–Kier alpha value is -0.930. The van der Waals surface area contributed by atoms with Crippen molar-refractivity contribution in [1.82, 2.24) is 4.98 Å². The molecular weight excluding hydrogens is 188 g/mol. The van der Waals surface area contributed by atoms with E-state index in [1.807, 2.05) is 18.3 Å². The molecule has 2 unspecified atom stereocenters. The number of pyridine rings is 1. The van der Waals surface area contributed by atoms with E-state index < -0.39 is 5.60 Å². The Labute approximate surface area is 90.3 Å². The molecule has 1 aliphatic rings. The molecule has 1 saturated carbocycles. The number of nitrogens with two attached hydrogens (primary N) is 1. The van der Waals surface area contributed by atoms with Gasteiger partial charge in [-0.25, -0.2) is 0 Å². The second-order valence-electron chi connectivity index (χ2n) is 4.62. The van der Waals surface area contributed by atoms with Crippen LogP contribution in [0.15, 0.2) is 24.5 Å². The third-order valence-electron chi connectivity index (χ3n) is 3.12. The summed E-state index contributed by atoms with van der Waals surface area (Å²) < 4.78 is 0. The smallest absolute Gasteiger partial charge is 0.0703 e. The molecule has 0 radical (unpaired) electrons. The Morgan fingerprint density at radius 1 is 1.60 bits per heavy atom. The molecule has 82 valence electrons. The highest BCUT2D eigenvalue weighted by atomic mass is 16.3. The third-order valence-corrected chi connectivity index (χ3v) is 3.12. The van der Waals surface area contributed by atoms with Crippen molar-refractivity contribution >= 4 is 0 Å². The van der Waals surface area contributed by atoms with Gasteiger partial charge < -0.3 is 10.8 Å². The molecule has 1 heterocycles. The van der Waals surface area contributed by atoms with Crippen LogP contribution in [0.4, 0.5) is 0 Å². The number of hydrogen-bond acceptors (Lipinski definition) is 3. The Balaban J connectivity index is 2.04. The maximum absolute atomic E-state index is 10.4. The van der Waals surface area contributed by atoms with Crippen LogP contribution in [0.2, 0.25) is 0 Å². The number of aromatic nitrogens is 1. The van der Waals surface area contributed by atoms with Crippen LogP contribution in [0, 0.1) is 0 Å². The Kier molecular flexibility index (Phi) is 3.03. The molecule has 1 fully saturated rings. The lowest BCUT2D eigenvalue weighted by Gasteiger charge is -2.35. The monoisotopic (exact) mass is 206 g/mol. The Morgan fingerprint density at radius 2 is 2.47 bits per heavy atom. The van der Waals surface area contributed by atoms with Crippen molar-refractivity contribution in [3.63, 3.8) is 0 Å². The van der Waals surface area contributed by atoms with Gasteiger partial charge in [0.1, 0.15) is 0 Å². The van der Waals surface area contributed by atoms with Crippen LogP contribution in [0.25, 0.3) is 0 Å². The van der Waals surface area contributed by atoms with Crippen LogP contribution in [0.1, 0.15) is 31.2 Å². The molecule has 2 atom stereocenters. The van der Waals surface area contributed by atoms with Gasteiger partial charge in [-0.15, -0.1) is 0 Å². The van der Waals surface area contributed by atoms with Crippen molar-refractivity contribution in [3.05, 3.63) is 30.1 Å². The molecule has 15 heavy (non-hydrogen) atoms. The molecule has 0 aromatic carbocycles. The number of rotatable bonds is 2. The van der Waals surface area contributed by atoms with E-state index >= 15 is 0 Å². The minimum absolute atomic E-state index is 0.153. The molecule has 3 nitrogen and oxygen atoms in total. The highest BCUT2D eigenvalue weighted by molar-refractivity contribution is 5.12. The first-order valence-corrected chi connectivity index (χ1v) is 5.55. The van der Waals surface area contributed by atoms with Gasteiger partial charge >= 0.3 is 0 Å². The summed E-state index contributed by atoms with van der Waals surface area (Å²) in [7, 11) is 0. The van der Waals surface area contributed by atoms with Crippen LogP contribution in [0.5, 0.6) is 0 Å². The van der Waals surface area contributed by atoms with Gasteiger partial charge in [0.05, 0.1) is 5.60 Å². The molecule has 1 aliphatic carbocycles. The first-order chi connectivity index (χ1) is 7.18. The standard InChI is InChI=1S/C12H18N2O/c13-11-4-1-5-12(15,8-11)7-10-3-2-6-14-9-10/h2-3,6,9,11,15H,1,4-5,7-8,13H2. The molecule has 3 heteroatoms. The van der Waals surface area contributed by atoms with Crippen LogP contribution < -0.4 is 5.73 Å². The summed E-state index contributed by atoms with van der Waals surface area (Å²) in [5.74, 6) is 0. The van der Waals surface area contributed by atoms with Gasteiger partial charge in [0.25, 0.3) is 0 Å². The SMILES string of the molecule is NC1CCCC(O)(Cc2cccnc2)C1. The van der Waals surface area contributed by atoms with E-state index in [-0.39, 0.29) is 6.04 Å². The predicted molar refractivity (Wildman–Crippen MR) is 59.3 cm³/mol. The van der Waals surface area contributed by atoms with Crippen molar-refractivity contribution in [2.75, 3.05) is 0 Å². The number of hydrogen-bond donors (Lipinski definition) is 2. The van der Waals surface area contributed by atoms with E-state index in [1.54, 1.807) is 6.20 Å². The van der Waals surface area contributed by atoms with E-state index in [9.17, 15) is 5.11 Å². The normalized spacial score (nSPS) is 31.5. The van der Waals surface area contributed by atoms with Crippen molar-refractivity contribution < 1.29 is 5.11 Å². The molecule has 1 aromatic heterocycles. The lowest BCUT2D eigenvalue weighted by Crippen LogP contribution is -2.42. The summed E-state index contributed by atoms with van der Waals surface area (Å²) in [4.78, 5) is 4.06. The van der Waals surface area contributed by atoms with E-state index in [2.05, 4.69) is 4.98 Å². The van der Waals surface area contributed by atoms with E-state index in [0.717, 1.165) is 24.8 Å². The molecule has 0 amide bonds. The van der Waals surface area contributed by atoms with Gasteiger partial charge in [-0.05, 0) is 37.3 Å². The van der Waals surface area contributed by atoms with Crippen LogP contribution in [0.3, 0.4) is 0 Å². The summed E-state index contributed by atoms with van der Waals surface area (Å²) in [6.07, 6.45) is 7.87. The molecule has 0 saturated heterocycles. The molecular formula is C12H18N2O. The maximum Gasteiger partial charge on any atom is 0.0703 e. The fourth-order valence-electron chi connectivity index (χ4n) is 2.43. The van der Waals surface area contributed by atoms with Gasteiger partial charge in [-0.1, -0.05) is 6.07 Å². The zero-order valence-corrected chi connectivity index (χ0v) is 8.89. The minimum Gasteiger partial charge on any atom is -0.389 e. The summed E-state index contributed by atoms with van der Waals surface area (Å²) in [5.41, 5.74) is 6.37. The van der Waals surface area contributed by atoms with E-state index in [4.69, 9.17) is 5.73 Å². The van der Waals surface area contributed by atoms with Gasteiger partial charge in [-0.2, -0.15) is 0 Å². The van der Waals surface area contributed by atoms with Crippen molar-refractivity contribution in [3.8, 4) is 0 Å². The largest absolute Gasteiger partial charge is 0.389 e. The van der Waals surface area contributed by atoms with Gasteiger partial charge in [0, 0.05) is 24.9 Å². The van der Waals surface area contributed by atoms with Crippen molar-refractivity contribution in [2.24, 2.45) is 5.73 Å². The lowest BCUT2D eigenvalue weighted by atomic mass is 9.78. The van der Waals surface area contributed by atoms with Crippen LogP contribution in [-0.2, 0) is 6.42 Å². The van der Waals surface area contributed by atoms with Crippen molar-refractivity contribution in [2.45, 2.75) is 43.7 Å². The zero-order valence-electron chi connectivity index (χ0n) is 8.89. The third kappa shape index (κ3) is 2.76. The van der Waals surface area contributed by atoms with Crippen LogP contribution >= 0.6 is 0 Å². The fourth-order valence-corrected chi connectivity index (χ4v) is 2.43. The highest BCUT2D eigenvalue weighted by Crippen LogP contribution is 2.30. The van der Waals surface area contributed by atoms with Crippen molar-refractivity contribution in [1.29, 1.82) is 0 Å². The summed E-state index contributed by atoms with van der Waals surface area (Å²) >= 11 is 0. The Bertz CT molecular complexity index is 315. The maximum atomic E-state index is 10.4.